The van der Waals surface area contributed by atoms with E-state index in [4.69, 9.17) is 0 Å². The van der Waals surface area contributed by atoms with Crippen LogP contribution in [0.3, 0.4) is 0 Å². The van der Waals surface area contributed by atoms with Gasteiger partial charge in [-0.1, -0.05) is 0 Å². The van der Waals surface area contributed by atoms with E-state index in [-0.39, 0.29) is 51.4 Å². The van der Waals surface area contributed by atoms with E-state index in [0.717, 1.165) is 5.84 Å². The van der Waals surface area contributed by atoms with Gasteiger partial charge in [0.1, 0.15) is 5.84 Å². The SMILES string of the molecule is CC1=NCON1.[K]. The minimum absolute atomic E-state index is 0. The zero-order valence-corrected chi connectivity index (χ0v) is 7.69. The molecule has 4 heteroatoms. The van der Waals surface area contributed by atoms with Crippen LogP contribution in [0.2, 0.25) is 0 Å². The summed E-state index contributed by atoms with van der Waals surface area (Å²) in [5, 5.41) is 0. The van der Waals surface area contributed by atoms with Crippen LogP contribution in [0.15, 0.2) is 4.99 Å². The summed E-state index contributed by atoms with van der Waals surface area (Å²) in [7, 11) is 0. The maximum atomic E-state index is 4.60. The van der Waals surface area contributed by atoms with E-state index in [1.165, 1.54) is 0 Å². The molecule has 0 aliphatic carbocycles. The molecule has 0 unspecified atom stereocenters. The average molecular weight is 125 g/mol. The molecule has 0 spiro atoms. The van der Waals surface area contributed by atoms with E-state index < -0.39 is 0 Å². The molecular weight excluding hydrogens is 119 g/mol. The fourth-order valence-electron chi connectivity index (χ4n) is 0.298. The Morgan fingerprint density at radius 2 is 2.57 bits per heavy atom. The maximum Gasteiger partial charge on any atom is 0.166 e. The molecule has 0 atom stereocenters. The van der Waals surface area contributed by atoms with Gasteiger partial charge in [-0.05, 0) is 6.92 Å². The summed E-state index contributed by atoms with van der Waals surface area (Å²) in [5.41, 5.74) is 2.57. The Morgan fingerprint density at radius 3 is 2.71 bits per heavy atom. The molecule has 0 aromatic rings. The molecule has 0 bridgehead atoms. The topological polar surface area (TPSA) is 33.6 Å². The fraction of sp³-hybridized carbons (Fsp3) is 0.667. The summed E-state index contributed by atoms with van der Waals surface area (Å²) >= 11 is 0. The van der Waals surface area contributed by atoms with E-state index in [9.17, 15) is 0 Å². The van der Waals surface area contributed by atoms with Gasteiger partial charge in [0.05, 0.1) is 0 Å². The van der Waals surface area contributed by atoms with Gasteiger partial charge in [-0.2, -0.15) is 0 Å². The zero-order chi connectivity index (χ0) is 4.41. The van der Waals surface area contributed by atoms with Gasteiger partial charge >= 0.3 is 0 Å². The number of amidine groups is 1. The second-order valence-electron chi connectivity index (χ2n) is 1.12. The number of aliphatic imine (C=N–C) groups is 1. The molecule has 3 nitrogen and oxygen atoms in total. The predicted molar refractivity (Wildman–Crippen MR) is 28.0 cm³/mol. The Balaban J connectivity index is 0.000000360. The van der Waals surface area contributed by atoms with Gasteiger partial charge in [0.2, 0.25) is 0 Å². The Labute approximate surface area is 84.9 Å². The summed E-state index contributed by atoms with van der Waals surface area (Å²) in [4.78, 5) is 8.42. The Kier molecular flexibility index (Phi) is 4.61. The smallest absolute Gasteiger partial charge is 0.166 e. The van der Waals surface area contributed by atoms with Crippen molar-refractivity contribution in [3.8, 4) is 0 Å². The van der Waals surface area contributed by atoms with Crippen molar-refractivity contribution in [2.24, 2.45) is 4.99 Å². The van der Waals surface area contributed by atoms with Gasteiger partial charge in [0.15, 0.2) is 6.73 Å². The van der Waals surface area contributed by atoms with E-state index in [0.29, 0.717) is 6.73 Å². The molecule has 35 valence electrons. The Hall–Kier alpha value is 1.07. The normalized spacial score (nSPS) is 17.0. The quantitative estimate of drug-likeness (QED) is 0.443. The first kappa shape index (κ1) is 8.07. The molecule has 1 aliphatic rings. The average Bonchev–Trinajstić information content (AvgIpc) is 1.86. The standard InChI is InChI=1S/C3H6N2O.K/c1-3-4-2-6-5-3;/h2H2,1H3,(H,4,5);. The number of nitrogens with zero attached hydrogens (tertiary/aromatic N) is 1. The third-order valence-electron chi connectivity index (χ3n) is 0.586. The summed E-state index contributed by atoms with van der Waals surface area (Å²) in [6.07, 6.45) is 0. The molecule has 0 aromatic carbocycles. The van der Waals surface area contributed by atoms with Crippen molar-refractivity contribution in [1.82, 2.24) is 5.48 Å². The molecule has 1 rings (SSSR count). The van der Waals surface area contributed by atoms with Crippen LogP contribution in [0.1, 0.15) is 6.92 Å². The molecule has 0 amide bonds. The molecule has 7 heavy (non-hydrogen) atoms. The number of rotatable bonds is 0. The summed E-state index contributed by atoms with van der Waals surface area (Å²) in [6, 6.07) is 0. The second kappa shape index (κ2) is 4.00. The van der Waals surface area contributed by atoms with E-state index in [1.807, 2.05) is 6.92 Å². The third-order valence-corrected chi connectivity index (χ3v) is 0.586. The van der Waals surface area contributed by atoms with Crippen molar-refractivity contribution in [2.75, 3.05) is 6.73 Å². The maximum absolute atomic E-state index is 4.60. The molecular formula is C3H6KN2O. The van der Waals surface area contributed by atoms with Crippen LogP contribution >= 0.6 is 0 Å². The van der Waals surface area contributed by atoms with Gasteiger partial charge in [-0.3, -0.25) is 10.3 Å². The van der Waals surface area contributed by atoms with Crippen molar-refractivity contribution in [2.45, 2.75) is 6.92 Å². The van der Waals surface area contributed by atoms with Crippen molar-refractivity contribution in [3.05, 3.63) is 0 Å². The zero-order valence-electron chi connectivity index (χ0n) is 4.56. The third kappa shape index (κ3) is 2.79. The summed E-state index contributed by atoms with van der Waals surface area (Å²) < 4.78 is 0. The summed E-state index contributed by atoms with van der Waals surface area (Å²) in [6.45, 7) is 2.32. The minimum Gasteiger partial charge on any atom is -0.251 e. The minimum atomic E-state index is 0. The fourth-order valence-corrected chi connectivity index (χ4v) is 0.298. The first-order valence-electron chi connectivity index (χ1n) is 1.78. The number of hydrogen-bond donors (Lipinski definition) is 1. The van der Waals surface area contributed by atoms with Crippen LogP contribution in [0.25, 0.3) is 0 Å². The number of nitrogens with one attached hydrogen (secondary N) is 1. The van der Waals surface area contributed by atoms with Gasteiger partial charge < -0.3 is 0 Å². The van der Waals surface area contributed by atoms with Crippen LogP contribution < -0.4 is 5.48 Å². The first-order chi connectivity index (χ1) is 2.89. The molecule has 1 N–H and O–H groups in total. The molecule has 0 aromatic heterocycles. The van der Waals surface area contributed by atoms with Crippen molar-refractivity contribution in [1.29, 1.82) is 0 Å². The number of hydrogen-bond acceptors (Lipinski definition) is 3. The van der Waals surface area contributed by atoms with Gasteiger partial charge in [0, 0.05) is 51.4 Å². The summed E-state index contributed by atoms with van der Waals surface area (Å²) in [5.74, 6) is 0.856. The van der Waals surface area contributed by atoms with Gasteiger partial charge in [-0.25, -0.2) is 4.99 Å². The molecule has 1 heterocycles. The van der Waals surface area contributed by atoms with Crippen LogP contribution in [0, 0.1) is 0 Å². The van der Waals surface area contributed by atoms with E-state index in [2.05, 4.69) is 15.3 Å². The Bertz CT molecular complexity index is 83.0. The van der Waals surface area contributed by atoms with Crippen molar-refractivity contribution in [3.63, 3.8) is 0 Å². The van der Waals surface area contributed by atoms with E-state index >= 15 is 0 Å². The largest absolute Gasteiger partial charge is 0.251 e. The van der Waals surface area contributed by atoms with Crippen LogP contribution in [0.4, 0.5) is 0 Å². The van der Waals surface area contributed by atoms with Gasteiger partial charge in [0.25, 0.3) is 0 Å². The molecule has 0 saturated carbocycles. The van der Waals surface area contributed by atoms with Crippen LogP contribution in [-0.2, 0) is 4.84 Å². The van der Waals surface area contributed by atoms with Gasteiger partial charge in [-0.15, -0.1) is 0 Å². The number of hydroxylamine groups is 1. The molecule has 1 aliphatic heterocycles. The van der Waals surface area contributed by atoms with Crippen LogP contribution in [0.5, 0.6) is 0 Å². The van der Waals surface area contributed by atoms with Crippen molar-refractivity contribution >= 4 is 57.2 Å². The van der Waals surface area contributed by atoms with E-state index in [1.54, 1.807) is 0 Å². The Morgan fingerprint density at radius 1 is 1.86 bits per heavy atom. The van der Waals surface area contributed by atoms with Crippen LogP contribution in [-0.4, -0.2) is 64.0 Å². The molecule has 1 radical (unpaired) electrons. The molecule has 0 fully saturated rings. The van der Waals surface area contributed by atoms with Crippen molar-refractivity contribution < 1.29 is 4.84 Å². The monoisotopic (exact) mass is 125 g/mol. The second-order valence-corrected chi connectivity index (χ2v) is 1.12. The predicted octanol–water partition coefficient (Wildman–Crippen LogP) is -0.484. The first-order valence-corrected chi connectivity index (χ1v) is 1.78. The molecule has 0 saturated heterocycles.